The number of para-hydroxylation sites is 2. The number of carbonyl (C=O) groups excluding carboxylic acids is 2. The number of benzene rings is 3. The lowest BCUT2D eigenvalue weighted by molar-refractivity contribution is -0.118. The number of hydrogen-bond acceptors (Lipinski definition) is 7. The molecule has 11 heteroatoms. The Kier molecular flexibility index (Phi) is 8.09. The number of aromatic nitrogens is 2. The average Bonchev–Trinajstić information content (AvgIpc) is 3.38. The van der Waals surface area contributed by atoms with Gasteiger partial charge in [0.1, 0.15) is 5.69 Å². The minimum absolute atomic E-state index is 0.181. The van der Waals surface area contributed by atoms with E-state index in [-0.39, 0.29) is 23.8 Å². The summed E-state index contributed by atoms with van der Waals surface area (Å²) < 4.78 is 14.8. The molecule has 2 amide bonds. The van der Waals surface area contributed by atoms with E-state index < -0.39 is 5.91 Å². The van der Waals surface area contributed by atoms with Gasteiger partial charge < -0.3 is 14.8 Å². The molecule has 0 saturated carbocycles. The fourth-order valence-electron chi connectivity index (χ4n) is 4.34. The van der Waals surface area contributed by atoms with Crippen LogP contribution in [0.25, 0.3) is 11.8 Å². The van der Waals surface area contributed by atoms with E-state index in [4.69, 9.17) is 21.7 Å². The molecule has 5 rings (SSSR count). The lowest BCUT2D eigenvalue weighted by Crippen LogP contribution is -2.27. The largest absolute Gasteiger partial charge is 0.493 e. The molecule has 1 aromatic heterocycles. The van der Waals surface area contributed by atoms with Crippen molar-refractivity contribution in [2.24, 2.45) is 7.05 Å². The monoisotopic (exact) mass is 586 g/mol. The summed E-state index contributed by atoms with van der Waals surface area (Å²) in [6.45, 7) is 1.41. The molecular formula is C30H26N4O5S2. The van der Waals surface area contributed by atoms with Crippen molar-refractivity contribution in [2.45, 2.75) is 6.92 Å². The zero-order chi connectivity index (χ0) is 29.1. The van der Waals surface area contributed by atoms with Gasteiger partial charge in [-0.25, -0.2) is 4.68 Å². The summed E-state index contributed by atoms with van der Waals surface area (Å²) in [7, 11) is 3.24. The predicted octanol–water partition coefficient (Wildman–Crippen LogP) is 4.92. The first kappa shape index (κ1) is 27.9. The standard InChI is InChI=1S/C30H26N4O5S2/c1-19-27(29(37)34(32(19)2)22-12-8-5-9-13-22)31-26(35)18-39-23-15-14-20(16-24(23)38-3)17-25-28(36)33(30(40)41-25)21-10-6-4-7-11-21/h4-17H,18H2,1-3H3,(H,31,35)/b25-17-. The summed E-state index contributed by atoms with van der Waals surface area (Å²) in [4.78, 5) is 40.9. The molecule has 0 bridgehead atoms. The first-order valence-corrected chi connectivity index (χ1v) is 13.8. The molecule has 9 nitrogen and oxygen atoms in total. The average molecular weight is 587 g/mol. The molecule has 41 heavy (non-hydrogen) atoms. The molecule has 1 aliphatic heterocycles. The number of nitrogens with zero attached hydrogens (tertiary/aromatic N) is 3. The summed E-state index contributed by atoms with van der Waals surface area (Å²) in [6, 6.07) is 23.5. The van der Waals surface area contributed by atoms with Crippen LogP contribution >= 0.6 is 24.0 Å². The Morgan fingerprint density at radius 1 is 0.976 bits per heavy atom. The molecule has 0 spiro atoms. The van der Waals surface area contributed by atoms with E-state index in [1.807, 2.05) is 60.7 Å². The zero-order valence-electron chi connectivity index (χ0n) is 22.5. The second-order valence-electron chi connectivity index (χ2n) is 9.04. The number of methoxy groups -OCH3 is 1. The molecule has 0 aliphatic carbocycles. The van der Waals surface area contributed by atoms with Gasteiger partial charge in [0, 0.05) is 7.05 Å². The third-order valence-corrected chi connectivity index (χ3v) is 7.77. The Balaban J connectivity index is 1.28. The Labute approximate surface area is 246 Å². The molecule has 1 N–H and O–H groups in total. The van der Waals surface area contributed by atoms with Gasteiger partial charge in [-0.15, -0.1) is 0 Å². The number of ether oxygens (including phenoxy) is 2. The summed E-state index contributed by atoms with van der Waals surface area (Å²) >= 11 is 6.66. The summed E-state index contributed by atoms with van der Waals surface area (Å²) in [5.41, 5.74) is 2.54. The van der Waals surface area contributed by atoms with E-state index in [9.17, 15) is 14.4 Å². The number of rotatable bonds is 8. The van der Waals surface area contributed by atoms with E-state index in [0.29, 0.717) is 43.4 Å². The van der Waals surface area contributed by atoms with Gasteiger partial charge in [-0.05, 0) is 55.0 Å². The molecular weight excluding hydrogens is 560 g/mol. The van der Waals surface area contributed by atoms with Gasteiger partial charge in [0.05, 0.1) is 29.1 Å². The van der Waals surface area contributed by atoms with Gasteiger partial charge in [-0.3, -0.25) is 24.0 Å². The summed E-state index contributed by atoms with van der Waals surface area (Å²) in [5, 5.41) is 2.68. The van der Waals surface area contributed by atoms with E-state index in [2.05, 4.69) is 5.32 Å². The highest BCUT2D eigenvalue weighted by molar-refractivity contribution is 8.27. The van der Waals surface area contributed by atoms with Crippen molar-refractivity contribution >= 4 is 57.6 Å². The topological polar surface area (TPSA) is 94.8 Å². The van der Waals surface area contributed by atoms with E-state index in [1.165, 1.54) is 28.5 Å². The van der Waals surface area contributed by atoms with Crippen LogP contribution in [0.2, 0.25) is 0 Å². The summed E-state index contributed by atoms with van der Waals surface area (Å²) in [5.74, 6) is 0.0203. The molecule has 1 aliphatic rings. The molecule has 2 heterocycles. The van der Waals surface area contributed by atoms with Crippen molar-refractivity contribution in [3.05, 3.63) is 105 Å². The molecule has 0 atom stereocenters. The Bertz CT molecular complexity index is 1730. The third-order valence-electron chi connectivity index (χ3n) is 6.47. The number of anilines is 2. The molecule has 3 aromatic carbocycles. The van der Waals surface area contributed by atoms with Crippen molar-refractivity contribution < 1.29 is 19.1 Å². The zero-order valence-corrected chi connectivity index (χ0v) is 24.1. The first-order valence-electron chi connectivity index (χ1n) is 12.6. The van der Waals surface area contributed by atoms with Crippen LogP contribution in [0.3, 0.4) is 0 Å². The SMILES string of the molecule is COc1cc(/C=C2\SC(=S)N(c3ccccc3)C2=O)ccc1OCC(=O)Nc1c(C)n(C)n(-c2ccccc2)c1=O. The lowest BCUT2D eigenvalue weighted by Gasteiger charge is -2.14. The number of nitrogens with one attached hydrogen (secondary N) is 1. The molecule has 208 valence electrons. The molecule has 0 radical (unpaired) electrons. The van der Waals surface area contributed by atoms with Crippen molar-refractivity contribution in [2.75, 3.05) is 23.9 Å². The summed E-state index contributed by atoms with van der Waals surface area (Å²) in [6.07, 6.45) is 1.73. The van der Waals surface area contributed by atoms with Crippen LogP contribution in [-0.4, -0.2) is 39.2 Å². The molecule has 4 aromatic rings. The van der Waals surface area contributed by atoms with E-state index in [1.54, 1.807) is 42.9 Å². The van der Waals surface area contributed by atoms with E-state index >= 15 is 0 Å². The third kappa shape index (κ3) is 5.67. The number of carbonyl (C=O) groups is 2. The smallest absolute Gasteiger partial charge is 0.295 e. The second-order valence-corrected chi connectivity index (χ2v) is 10.7. The van der Waals surface area contributed by atoms with Crippen molar-refractivity contribution in [1.29, 1.82) is 0 Å². The van der Waals surface area contributed by atoms with Crippen molar-refractivity contribution in [3.8, 4) is 17.2 Å². The van der Waals surface area contributed by atoms with Crippen LogP contribution < -0.4 is 25.2 Å². The number of hydrogen-bond donors (Lipinski definition) is 1. The Morgan fingerprint density at radius 3 is 2.29 bits per heavy atom. The fraction of sp³-hybridized carbons (Fsp3) is 0.133. The number of thioether (sulfide) groups is 1. The van der Waals surface area contributed by atoms with Gasteiger partial charge in [0.2, 0.25) is 0 Å². The van der Waals surface area contributed by atoms with Gasteiger partial charge in [0.15, 0.2) is 22.4 Å². The van der Waals surface area contributed by atoms with Crippen LogP contribution in [0.1, 0.15) is 11.3 Å². The van der Waals surface area contributed by atoms with E-state index in [0.717, 1.165) is 0 Å². The minimum Gasteiger partial charge on any atom is -0.493 e. The maximum absolute atomic E-state index is 13.1. The Hall–Kier alpha value is -4.61. The van der Waals surface area contributed by atoms with Gasteiger partial charge >= 0.3 is 0 Å². The van der Waals surface area contributed by atoms with Crippen LogP contribution in [0, 0.1) is 6.92 Å². The quantitative estimate of drug-likeness (QED) is 0.231. The maximum atomic E-state index is 13.1. The van der Waals surface area contributed by atoms with Crippen molar-refractivity contribution in [3.63, 3.8) is 0 Å². The normalized spacial score (nSPS) is 14.0. The lowest BCUT2D eigenvalue weighted by atomic mass is 10.2. The van der Waals surface area contributed by atoms with Gasteiger partial charge in [0.25, 0.3) is 17.4 Å². The van der Waals surface area contributed by atoms with Crippen LogP contribution in [0.4, 0.5) is 11.4 Å². The van der Waals surface area contributed by atoms with Gasteiger partial charge in [-0.2, -0.15) is 0 Å². The van der Waals surface area contributed by atoms with Gasteiger partial charge in [-0.1, -0.05) is 66.4 Å². The minimum atomic E-state index is -0.494. The van der Waals surface area contributed by atoms with Crippen LogP contribution in [-0.2, 0) is 16.6 Å². The molecule has 1 saturated heterocycles. The first-order chi connectivity index (χ1) is 19.8. The highest BCUT2D eigenvalue weighted by Gasteiger charge is 2.33. The Morgan fingerprint density at radius 2 is 1.63 bits per heavy atom. The highest BCUT2D eigenvalue weighted by atomic mass is 32.2. The molecule has 1 fully saturated rings. The maximum Gasteiger partial charge on any atom is 0.295 e. The number of amides is 2. The van der Waals surface area contributed by atoms with Crippen LogP contribution in [0.5, 0.6) is 11.5 Å². The second kappa shape index (κ2) is 11.9. The molecule has 0 unspecified atom stereocenters. The predicted molar refractivity (Wildman–Crippen MR) is 165 cm³/mol. The fourth-order valence-corrected chi connectivity index (χ4v) is 5.64. The van der Waals surface area contributed by atoms with Crippen LogP contribution in [0.15, 0.2) is 88.6 Å². The highest BCUT2D eigenvalue weighted by Crippen LogP contribution is 2.37. The van der Waals surface area contributed by atoms with Crippen molar-refractivity contribution in [1.82, 2.24) is 9.36 Å². The number of thiocarbonyl (C=S) groups is 1.